The van der Waals surface area contributed by atoms with Gasteiger partial charge in [0.2, 0.25) is 0 Å². The zero-order chi connectivity index (χ0) is 11.0. The van der Waals surface area contributed by atoms with Crippen LogP contribution in [-0.2, 0) is 11.2 Å². The van der Waals surface area contributed by atoms with E-state index in [1.165, 1.54) is 13.2 Å². The third kappa shape index (κ3) is 1.61. The zero-order valence-corrected chi connectivity index (χ0v) is 8.42. The molecule has 1 aliphatic carbocycles. The second kappa shape index (κ2) is 3.62. The van der Waals surface area contributed by atoms with Crippen LogP contribution in [0.15, 0.2) is 12.1 Å². The van der Waals surface area contributed by atoms with Gasteiger partial charge in [0.1, 0.15) is 5.82 Å². The lowest BCUT2D eigenvalue weighted by Crippen LogP contribution is -2.09. The molecule has 1 aromatic carbocycles. The largest absolute Gasteiger partial charge is 0.465 e. The molecule has 0 radical (unpaired) electrons. The van der Waals surface area contributed by atoms with E-state index < -0.39 is 11.8 Å². The van der Waals surface area contributed by atoms with E-state index in [1.54, 1.807) is 6.07 Å². The van der Waals surface area contributed by atoms with Gasteiger partial charge in [-0.05, 0) is 36.1 Å². The van der Waals surface area contributed by atoms with Crippen LogP contribution in [0.4, 0.5) is 4.39 Å². The van der Waals surface area contributed by atoms with Crippen molar-refractivity contribution in [1.29, 1.82) is 0 Å². The zero-order valence-electron chi connectivity index (χ0n) is 8.42. The average molecular weight is 209 g/mol. The first-order valence-electron chi connectivity index (χ1n) is 4.79. The molecule has 80 valence electrons. The highest BCUT2D eigenvalue weighted by atomic mass is 19.1. The van der Waals surface area contributed by atoms with Crippen LogP contribution in [0.3, 0.4) is 0 Å². The van der Waals surface area contributed by atoms with Gasteiger partial charge in [-0.2, -0.15) is 0 Å². The first-order chi connectivity index (χ1) is 7.13. The van der Waals surface area contributed by atoms with E-state index in [2.05, 4.69) is 4.74 Å². The predicted molar refractivity (Wildman–Crippen MR) is 53.0 cm³/mol. The van der Waals surface area contributed by atoms with Crippen molar-refractivity contribution < 1.29 is 13.9 Å². The molecule has 2 N–H and O–H groups in total. The Labute approximate surface area is 87.0 Å². The summed E-state index contributed by atoms with van der Waals surface area (Å²) in [6.07, 6.45) is 1.60. The topological polar surface area (TPSA) is 52.3 Å². The highest BCUT2D eigenvalue weighted by molar-refractivity contribution is 5.90. The molecule has 0 amide bonds. The fourth-order valence-electron chi connectivity index (χ4n) is 1.93. The molecule has 1 aromatic rings. The molecule has 0 spiro atoms. The Hall–Kier alpha value is -1.42. The number of hydrogen-bond donors (Lipinski definition) is 1. The highest BCUT2D eigenvalue weighted by Crippen LogP contribution is 2.31. The minimum Gasteiger partial charge on any atom is -0.465 e. The normalized spacial score (nSPS) is 18.7. The van der Waals surface area contributed by atoms with Crippen LogP contribution in [0.2, 0.25) is 0 Å². The van der Waals surface area contributed by atoms with Crippen LogP contribution in [0.25, 0.3) is 0 Å². The van der Waals surface area contributed by atoms with Gasteiger partial charge >= 0.3 is 5.97 Å². The molecule has 0 saturated carbocycles. The lowest BCUT2D eigenvalue weighted by Gasteiger charge is -2.07. The smallest absolute Gasteiger partial charge is 0.340 e. The van der Waals surface area contributed by atoms with Crippen molar-refractivity contribution in [3.8, 4) is 0 Å². The van der Waals surface area contributed by atoms with E-state index in [4.69, 9.17) is 5.73 Å². The van der Waals surface area contributed by atoms with Crippen LogP contribution in [-0.4, -0.2) is 13.1 Å². The van der Waals surface area contributed by atoms with Crippen molar-refractivity contribution in [2.24, 2.45) is 5.73 Å². The number of nitrogens with two attached hydrogens (primary N) is 1. The van der Waals surface area contributed by atoms with Crippen LogP contribution >= 0.6 is 0 Å². The highest BCUT2D eigenvalue weighted by Gasteiger charge is 2.23. The van der Waals surface area contributed by atoms with Gasteiger partial charge in [0.15, 0.2) is 0 Å². The lowest BCUT2D eigenvalue weighted by atomic mass is 10.0. The van der Waals surface area contributed by atoms with E-state index >= 15 is 0 Å². The minimum absolute atomic E-state index is 0.00894. The van der Waals surface area contributed by atoms with Crippen LogP contribution in [0.1, 0.15) is 33.9 Å². The molecule has 1 unspecified atom stereocenters. The second-order valence-corrected chi connectivity index (χ2v) is 3.67. The van der Waals surface area contributed by atoms with E-state index in [-0.39, 0.29) is 11.6 Å². The minimum atomic E-state index is -0.643. The van der Waals surface area contributed by atoms with Crippen molar-refractivity contribution in [2.45, 2.75) is 18.9 Å². The Morgan fingerprint density at radius 3 is 3.00 bits per heavy atom. The molecule has 1 atom stereocenters. The Balaban J connectivity index is 2.49. The monoisotopic (exact) mass is 209 g/mol. The summed E-state index contributed by atoms with van der Waals surface area (Å²) in [5.41, 5.74) is 7.54. The van der Waals surface area contributed by atoms with E-state index in [0.29, 0.717) is 0 Å². The Morgan fingerprint density at radius 2 is 2.33 bits per heavy atom. The fourth-order valence-corrected chi connectivity index (χ4v) is 1.93. The van der Waals surface area contributed by atoms with Gasteiger partial charge < -0.3 is 10.5 Å². The van der Waals surface area contributed by atoms with Crippen LogP contribution in [0, 0.1) is 5.82 Å². The summed E-state index contributed by atoms with van der Waals surface area (Å²) in [4.78, 5) is 11.2. The quantitative estimate of drug-likeness (QED) is 0.714. The third-order valence-corrected chi connectivity index (χ3v) is 2.76. The summed E-state index contributed by atoms with van der Waals surface area (Å²) in [5, 5.41) is 0. The van der Waals surface area contributed by atoms with E-state index in [1.807, 2.05) is 0 Å². The number of benzene rings is 1. The maximum absolute atomic E-state index is 13.5. The number of halogens is 1. The molecule has 0 saturated heterocycles. The van der Waals surface area contributed by atoms with Gasteiger partial charge in [0.05, 0.1) is 12.7 Å². The second-order valence-electron chi connectivity index (χ2n) is 3.67. The average Bonchev–Trinajstić information content (AvgIpc) is 2.58. The van der Waals surface area contributed by atoms with Crippen molar-refractivity contribution >= 4 is 5.97 Å². The predicted octanol–water partition coefficient (Wildman–Crippen LogP) is 1.56. The van der Waals surface area contributed by atoms with E-state index in [0.717, 1.165) is 24.0 Å². The standard InChI is InChI=1S/C11H12FNO2/c1-15-11(14)8-4-6-2-3-10(13)7(6)5-9(8)12/h4-5,10H,2-3,13H2,1H3. The summed E-state index contributed by atoms with van der Waals surface area (Å²) in [6.45, 7) is 0. The lowest BCUT2D eigenvalue weighted by molar-refractivity contribution is 0.0595. The first kappa shape index (κ1) is 10.1. The molecule has 0 fully saturated rings. The maximum atomic E-state index is 13.5. The summed E-state index contributed by atoms with van der Waals surface area (Å²) >= 11 is 0. The summed E-state index contributed by atoms with van der Waals surface area (Å²) in [6, 6.07) is 2.78. The van der Waals surface area contributed by atoms with Gasteiger partial charge in [0, 0.05) is 6.04 Å². The molecule has 15 heavy (non-hydrogen) atoms. The molecule has 3 nitrogen and oxygen atoms in total. The molecule has 1 aliphatic rings. The number of rotatable bonds is 1. The number of hydrogen-bond acceptors (Lipinski definition) is 3. The summed E-state index contributed by atoms with van der Waals surface area (Å²) < 4.78 is 18.0. The molecule has 0 bridgehead atoms. The Morgan fingerprint density at radius 1 is 1.60 bits per heavy atom. The SMILES string of the molecule is COC(=O)c1cc2c(cc1F)C(N)CC2. The van der Waals surface area contributed by atoms with Crippen molar-refractivity contribution in [3.05, 3.63) is 34.6 Å². The fraction of sp³-hybridized carbons (Fsp3) is 0.364. The molecule has 0 aromatic heterocycles. The first-order valence-corrected chi connectivity index (χ1v) is 4.79. The number of esters is 1. The Bertz CT molecular complexity index is 417. The van der Waals surface area contributed by atoms with Gasteiger partial charge in [-0.1, -0.05) is 0 Å². The van der Waals surface area contributed by atoms with Crippen molar-refractivity contribution in [3.63, 3.8) is 0 Å². The van der Waals surface area contributed by atoms with Gasteiger partial charge in [-0.15, -0.1) is 0 Å². The van der Waals surface area contributed by atoms with Gasteiger partial charge in [-0.25, -0.2) is 9.18 Å². The molecule has 0 heterocycles. The van der Waals surface area contributed by atoms with Gasteiger partial charge in [-0.3, -0.25) is 0 Å². The van der Waals surface area contributed by atoms with E-state index in [9.17, 15) is 9.18 Å². The number of aryl methyl sites for hydroxylation is 1. The number of carbonyl (C=O) groups is 1. The number of fused-ring (bicyclic) bond motifs is 1. The summed E-state index contributed by atoms with van der Waals surface area (Å²) in [5.74, 6) is -1.20. The number of methoxy groups -OCH3 is 1. The van der Waals surface area contributed by atoms with Crippen molar-refractivity contribution in [2.75, 3.05) is 7.11 Å². The number of carbonyl (C=O) groups excluding carboxylic acids is 1. The molecule has 0 aliphatic heterocycles. The molecule has 2 rings (SSSR count). The summed E-state index contributed by atoms with van der Waals surface area (Å²) in [7, 11) is 1.24. The maximum Gasteiger partial charge on any atom is 0.340 e. The molecular weight excluding hydrogens is 197 g/mol. The Kier molecular flexibility index (Phi) is 2.44. The van der Waals surface area contributed by atoms with Crippen LogP contribution in [0.5, 0.6) is 0 Å². The third-order valence-electron chi connectivity index (χ3n) is 2.76. The van der Waals surface area contributed by atoms with Crippen molar-refractivity contribution in [1.82, 2.24) is 0 Å². The number of ether oxygens (including phenoxy) is 1. The van der Waals surface area contributed by atoms with Gasteiger partial charge in [0.25, 0.3) is 0 Å². The molecule has 4 heteroatoms. The molecular formula is C11H12FNO2. The van der Waals surface area contributed by atoms with Crippen LogP contribution < -0.4 is 5.73 Å².